The summed E-state index contributed by atoms with van der Waals surface area (Å²) in [5.74, 6) is -0.340. The number of para-hydroxylation sites is 1. The van der Waals surface area contributed by atoms with Gasteiger partial charge in [0.05, 0.1) is 12.1 Å². The van der Waals surface area contributed by atoms with Gasteiger partial charge in [0.1, 0.15) is 6.04 Å². The number of carbonyl (C=O) groups is 2. The van der Waals surface area contributed by atoms with E-state index in [1.807, 2.05) is 63.2 Å². The van der Waals surface area contributed by atoms with Crippen LogP contribution in [0.25, 0.3) is 0 Å². The largest absolute Gasteiger partial charge is 0.373 e. The number of nitrogens with one attached hydrogen (secondary N) is 1. The molecular weight excluding hydrogens is 288 g/mol. The molecule has 1 saturated heterocycles. The van der Waals surface area contributed by atoms with E-state index in [4.69, 9.17) is 0 Å². The van der Waals surface area contributed by atoms with Crippen LogP contribution in [0, 0.1) is 20.8 Å². The van der Waals surface area contributed by atoms with Crippen molar-refractivity contribution in [2.75, 3.05) is 10.2 Å². The van der Waals surface area contributed by atoms with Gasteiger partial charge in [-0.1, -0.05) is 35.9 Å². The van der Waals surface area contributed by atoms with Gasteiger partial charge >= 0.3 is 0 Å². The fourth-order valence-corrected chi connectivity index (χ4v) is 3.24. The highest BCUT2D eigenvalue weighted by Crippen LogP contribution is 2.31. The molecule has 0 spiro atoms. The number of hydrogen-bond acceptors (Lipinski definition) is 3. The van der Waals surface area contributed by atoms with Crippen LogP contribution in [-0.4, -0.2) is 17.9 Å². The summed E-state index contributed by atoms with van der Waals surface area (Å²) in [5.41, 5.74) is 4.59. The summed E-state index contributed by atoms with van der Waals surface area (Å²) >= 11 is 0. The molecule has 0 aromatic heterocycles. The SMILES string of the molecule is Cc1cc(C)c(N2C(=O)C[C@@H](Nc3ccccc3)C2=O)c(C)c1. The highest BCUT2D eigenvalue weighted by Gasteiger charge is 2.40. The van der Waals surface area contributed by atoms with E-state index >= 15 is 0 Å². The second kappa shape index (κ2) is 5.88. The van der Waals surface area contributed by atoms with E-state index < -0.39 is 6.04 Å². The molecule has 1 aliphatic heterocycles. The molecule has 1 fully saturated rings. The minimum atomic E-state index is -0.509. The normalized spacial score (nSPS) is 17.7. The Labute approximate surface area is 136 Å². The summed E-state index contributed by atoms with van der Waals surface area (Å²) in [6.45, 7) is 5.89. The summed E-state index contributed by atoms with van der Waals surface area (Å²) < 4.78 is 0. The monoisotopic (exact) mass is 308 g/mol. The molecule has 0 saturated carbocycles. The fourth-order valence-electron chi connectivity index (χ4n) is 3.24. The van der Waals surface area contributed by atoms with Gasteiger partial charge in [-0.3, -0.25) is 9.59 Å². The molecule has 4 heteroatoms. The molecule has 3 rings (SSSR count). The van der Waals surface area contributed by atoms with E-state index in [2.05, 4.69) is 5.32 Å². The fraction of sp³-hybridized carbons (Fsp3) is 0.263. The van der Waals surface area contributed by atoms with Crippen LogP contribution in [-0.2, 0) is 9.59 Å². The summed E-state index contributed by atoms with van der Waals surface area (Å²) in [7, 11) is 0. The summed E-state index contributed by atoms with van der Waals surface area (Å²) in [6.07, 6.45) is 0.181. The van der Waals surface area contributed by atoms with Crippen LogP contribution in [0.1, 0.15) is 23.1 Å². The number of imide groups is 1. The zero-order chi connectivity index (χ0) is 16.6. The van der Waals surface area contributed by atoms with E-state index in [0.717, 1.165) is 28.1 Å². The standard InChI is InChI=1S/C19H20N2O2/c1-12-9-13(2)18(14(3)10-12)21-17(22)11-16(19(21)23)20-15-7-5-4-6-8-15/h4-10,16,20H,11H2,1-3H3/t16-/m1/s1. The first-order valence-electron chi connectivity index (χ1n) is 7.73. The van der Waals surface area contributed by atoms with Gasteiger partial charge in [-0.15, -0.1) is 0 Å². The Morgan fingerprint density at radius 1 is 1.00 bits per heavy atom. The second-order valence-electron chi connectivity index (χ2n) is 6.08. The second-order valence-corrected chi connectivity index (χ2v) is 6.08. The van der Waals surface area contributed by atoms with Crippen LogP contribution in [0.4, 0.5) is 11.4 Å². The van der Waals surface area contributed by atoms with Crippen LogP contribution in [0.3, 0.4) is 0 Å². The first-order chi connectivity index (χ1) is 11.0. The van der Waals surface area contributed by atoms with Gasteiger partial charge in [0.15, 0.2) is 0 Å². The van der Waals surface area contributed by atoms with Gasteiger partial charge in [0.25, 0.3) is 5.91 Å². The maximum atomic E-state index is 12.8. The van der Waals surface area contributed by atoms with E-state index in [1.54, 1.807) is 0 Å². The van der Waals surface area contributed by atoms with Crippen molar-refractivity contribution in [3.8, 4) is 0 Å². The molecule has 0 radical (unpaired) electrons. The molecule has 1 aliphatic rings. The lowest BCUT2D eigenvalue weighted by Crippen LogP contribution is -2.35. The highest BCUT2D eigenvalue weighted by molar-refractivity contribution is 6.23. The highest BCUT2D eigenvalue weighted by atomic mass is 16.2. The third kappa shape index (κ3) is 2.84. The van der Waals surface area contributed by atoms with Crippen molar-refractivity contribution in [3.63, 3.8) is 0 Å². The maximum absolute atomic E-state index is 12.8. The average molecular weight is 308 g/mol. The van der Waals surface area contributed by atoms with E-state index in [-0.39, 0.29) is 18.2 Å². The Kier molecular flexibility index (Phi) is 3.90. The lowest BCUT2D eigenvalue weighted by Gasteiger charge is -2.21. The van der Waals surface area contributed by atoms with Crippen molar-refractivity contribution in [1.29, 1.82) is 0 Å². The molecule has 23 heavy (non-hydrogen) atoms. The van der Waals surface area contributed by atoms with E-state index in [0.29, 0.717) is 0 Å². The Morgan fingerprint density at radius 2 is 1.61 bits per heavy atom. The zero-order valence-electron chi connectivity index (χ0n) is 13.6. The minimum Gasteiger partial charge on any atom is -0.373 e. The lowest BCUT2D eigenvalue weighted by atomic mass is 10.0. The number of aryl methyl sites for hydroxylation is 3. The molecule has 2 aromatic carbocycles. The molecule has 1 N–H and O–H groups in total. The third-order valence-corrected chi connectivity index (χ3v) is 4.12. The molecular formula is C19H20N2O2. The third-order valence-electron chi connectivity index (χ3n) is 4.12. The molecule has 4 nitrogen and oxygen atoms in total. The number of rotatable bonds is 3. The van der Waals surface area contributed by atoms with Gasteiger partial charge in [-0.2, -0.15) is 0 Å². The van der Waals surface area contributed by atoms with Gasteiger partial charge < -0.3 is 5.32 Å². The van der Waals surface area contributed by atoms with Crippen LogP contribution in [0.2, 0.25) is 0 Å². The van der Waals surface area contributed by atoms with Gasteiger partial charge in [-0.05, 0) is 44.0 Å². The predicted octanol–water partition coefficient (Wildman–Crippen LogP) is 3.36. The number of carbonyl (C=O) groups excluding carboxylic acids is 2. The summed E-state index contributed by atoms with van der Waals surface area (Å²) in [5, 5.41) is 3.16. The zero-order valence-corrected chi connectivity index (χ0v) is 13.6. The van der Waals surface area contributed by atoms with Crippen molar-refractivity contribution in [2.24, 2.45) is 0 Å². The first-order valence-corrected chi connectivity index (χ1v) is 7.73. The van der Waals surface area contributed by atoms with Crippen molar-refractivity contribution in [3.05, 3.63) is 59.2 Å². The molecule has 118 valence electrons. The summed E-state index contributed by atoms with van der Waals surface area (Å²) in [4.78, 5) is 26.5. The van der Waals surface area contributed by atoms with Crippen LogP contribution >= 0.6 is 0 Å². The predicted molar refractivity (Wildman–Crippen MR) is 91.6 cm³/mol. The number of amides is 2. The molecule has 1 atom stereocenters. The van der Waals surface area contributed by atoms with E-state index in [1.165, 1.54) is 4.90 Å². The van der Waals surface area contributed by atoms with Gasteiger partial charge in [0.2, 0.25) is 5.91 Å². The molecule has 1 heterocycles. The van der Waals surface area contributed by atoms with Crippen molar-refractivity contribution in [2.45, 2.75) is 33.2 Å². The molecule has 0 unspecified atom stereocenters. The number of benzene rings is 2. The lowest BCUT2D eigenvalue weighted by molar-refractivity contribution is -0.121. The van der Waals surface area contributed by atoms with Gasteiger partial charge in [-0.25, -0.2) is 4.90 Å². The van der Waals surface area contributed by atoms with Crippen LogP contribution in [0.5, 0.6) is 0 Å². The maximum Gasteiger partial charge on any atom is 0.256 e. The molecule has 2 aromatic rings. The first kappa shape index (κ1) is 15.3. The average Bonchev–Trinajstić information content (AvgIpc) is 2.75. The van der Waals surface area contributed by atoms with Gasteiger partial charge in [0, 0.05) is 5.69 Å². The van der Waals surface area contributed by atoms with Crippen molar-refractivity contribution in [1.82, 2.24) is 0 Å². The van der Waals surface area contributed by atoms with Crippen molar-refractivity contribution < 1.29 is 9.59 Å². The van der Waals surface area contributed by atoms with Crippen molar-refractivity contribution >= 4 is 23.2 Å². The smallest absolute Gasteiger partial charge is 0.256 e. The Balaban J connectivity index is 1.91. The van der Waals surface area contributed by atoms with Crippen LogP contribution < -0.4 is 10.2 Å². The van der Waals surface area contributed by atoms with E-state index in [9.17, 15) is 9.59 Å². The summed E-state index contributed by atoms with van der Waals surface area (Å²) in [6, 6.07) is 13.0. The Bertz CT molecular complexity index is 745. The Hall–Kier alpha value is -2.62. The topological polar surface area (TPSA) is 49.4 Å². The van der Waals surface area contributed by atoms with Crippen LogP contribution in [0.15, 0.2) is 42.5 Å². The number of anilines is 2. The molecule has 0 bridgehead atoms. The molecule has 2 amide bonds. The minimum absolute atomic E-state index is 0.154. The number of hydrogen-bond donors (Lipinski definition) is 1. The Morgan fingerprint density at radius 3 is 2.22 bits per heavy atom. The quantitative estimate of drug-likeness (QED) is 0.885. The molecule has 0 aliphatic carbocycles. The number of nitrogens with zero attached hydrogens (tertiary/aromatic N) is 1.